The molecule has 1 saturated carbocycles. The normalized spacial score (nSPS) is 20.7. The second kappa shape index (κ2) is 7.15. The van der Waals surface area contributed by atoms with Gasteiger partial charge in [0.15, 0.2) is 17.4 Å². The van der Waals surface area contributed by atoms with Crippen LogP contribution in [0.15, 0.2) is 62.7 Å². The van der Waals surface area contributed by atoms with Gasteiger partial charge in [-0.15, -0.1) is 0 Å². The maximum Gasteiger partial charge on any atom is 0.347 e. The molecule has 0 saturated heterocycles. The Morgan fingerprint density at radius 2 is 2.22 bits per heavy atom. The van der Waals surface area contributed by atoms with E-state index in [2.05, 4.69) is 9.88 Å². The lowest BCUT2D eigenvalue weighted by Gasteiger charge is -2.30. The van der Waals surface area contributed by atoms with E-state index in [0.717, 1.165) is 48.5 Å². The van der Waals surface area contributed by atoms with Crippen molar-refractivity contribution in [2.75, 3.05) is 26.0 Å². The van der Waals surface area contributed by atoms with Crippen LogP contribution in [-0.4, -0.2) is 48.1 Å². The van der Waals surface area contributed by atoms with Crippen molar-refractivity contribution >= 4 is 28.9 Å². The lowest BCUT2D eigenvalue weighted by atomic mass is 10.0. The molecule has 1 unspecified atom stereocenters. The Morgan fingerprint density at radius 1 is 1.34 bits per heavy atom. The smallest absolute Gasteiger partial charge is 0.347 e. The molecule has 4 aliphatic rings. The fraction of sp³-hybridized carbons (Fsp3) is 0.348. The quantitative estimate of drug-likeness (QED) is 0.715. The number of benzene rings is 1. The fourth-order valence-corrected chi connectivity index (χ4v) is 4.47. The second-order valence-corrected chi connectivity index (χ2v) is 8.28. The van der Waals surface area contributed by atoms with Crippen LogP contribution in [0.2, 0.25) is 0 Å². The highest BCUT2D eigenvalue weighted by atomic mass is 16.6. The van der Waals surface area contributed by atoms with E-state index >= 15 is 0 Å². The summed E-state index contributed by atoms with van der Waals surface area (Å²) in [4.78, 5) is 23.5. The molecule has 0 bridgehead atoms. The topological polar surface area (TPSA) is 112 Å². The Labute approximate surface area is 183 Å². The first-order chi connectivity index (χ1) is 15.6. The highest BCUT2D eigenvalue weighted by molar-refractivity contribution is 6.04. The monoisotopic (exact) mass is 434 g/mol. The van der Waals surface area contributed by atoms with E-state index in [0.29, 0.717) is 23.5 Å². The summed E-state index contributed by atoms with van der Waals surface area (Å²) < 4.78 is 22.3. The van der Waals surface area contributed by atoms with Gasteiger partial charge >= 0.3 is 5.97 Å². The Hall–Kier alpha value is -3.75. The van der Waals surface area contributed by atoms with Gasteiger partial charge in [-0.3, -0.25) is 0 Å². The summed E-state index contributed by atoms with van der Waals surface area (Å²) in [5.74, 6) is 1.13. The van der Waals surface area contributed by atoms with E-state index in [1.165, 1.54) is 12.7 Å². The molecule has 9 heteroatoms. The number of carbonyl (C=O) groups is 1. The first-order valence-corrected chi connectivity index (χ1v) is 10.6. The number of oxazole rings is 1. The number of aliphatic imine (C=N–C) groups is 1. The third-order valence-corrected chi connectivity index (χ3v) is 6.18. The van der Waals surface area contributed by atoms with E-state index in [1.807, 2.05) is 18.2 Å². The third kappa shape index (κ3) is 3.04. The zero-order valence-electron chi connectivity index (χ0n) is 17.5. The second-order valence-electron chi connectivity index (χ2n) is 8.28. The van der Waals surface area contributed by atoms with E-state index in [-0.39, 0.29) is 17.9 Å². The Morgan fingerprint density at radius 3 is 3.03 bits per heavy atom. The number of nitrogen functional groups attached to an aromatic ring is 1. The van der Waals surface area contributed by atoms with Crippen molar-refractivity contribution in [3.05, 3.63) is 58.8 Å². The number of nitrogens with zero attached hydrogens (tertiary/aromatic N) is 3. The molecule has 1 fully saturated rings. The average molecular weight is 434 g/mol. The number of carbonyl (C=O) groups excluding carboxylic acids is 1. The van der Waals surface area contributed by atoms with Crippen molar-refractivity contribution in [1.29, 1.82) is 0 Å². The van der Waals surface area contributed by atoms with Crippen LogP contribution in [0.3, 0.4) is 0 Å². The summed E-state index contributed by atoms with van der Waals surface area (Å²) in [7, 11) is 1.38. The van der Waals surface area contributed by atoms with Gasteiger partial charge in [0.05, 0.1) is 18.4 Å². The highest BCUT2D eigenvalue weighted by Gasteiger charge is 2.42. The van der Waals surface area contributed by atoms with Gasteiger partial charge in [-0.05, 0) is 43.0 Å². The van der Waals surface area contributed by atoms with Crippen LogP contribution in [0.25, 0.3) is 11.1 Å². The minimum Gasteiger partial charge on any atom is -0.493 e. The molecule has 2 aromatic rings. The van der Waals surface area contributed by atoms with Crippen molar-refractivity contribution in [2.45, 2.75) is 25.4 Å². The van der Waals surface area contributed by atoms with Crippen LogP contribution in [0.4, 0.5) is 6.01 Å². The number of esters is 1. The molecule has 2 N–H and O–H groups in total. The van der Waals surface area contributed by atoms with Gasteiger partial charge in [-0.1, -0.05) is 0 Å². The summed E-state index contributed by atoms with van der Waals surface area (Å²) >= 11 is 0. The third-order valence-electron chi connectivity index (χ3n) is 6.18. The predicted molar refractivity (Wildman–Crippen MR) is 115 cm³/mol. The van der Waals surface area contributed by atoms with E-state index in [9.17, 15) is 4.79 Å². The van der Waals surface area contributed by atoms with Crippen LogP contribution in [0.5, 0.6) is 0 Å². The van der Waals surface area contributed by atoms with Crippen molar-refractivity contribution in [2.24, 2.45) is 10.9 Å². The number of hydrogen-bond donors (Lipinski definition) is 1. The van der Waals surface area contributed by atoms with Crippen LogP contribution in [0, 0.1) is 5.92 Å². The van der Waals surface area contributed by atoms with Crippen LogP contribution >= 0.6 is 0 Å². The molecule has 1 aliphatic carbocycles. The first kappa shape index (κ1) is 19.0. The Balaban J connectivity index is 1.38. The number of amidine groups is 1. The van der Waals surface area contributed by atoms with Crippen LogP contribution in [0.1, 0.15) is 24.8 Å². The molecule has 0 radical (unpaired) electrons. The molecule has 0 spiro atoms. The molecule has 1 aromatic heterocycles. The number of rotatable bonds is 5. The van der Waals surface area contributed by atoms with Crippen molar-refractivity contribution in [3.8, 4) is 0 Å². The number of nitrogens with two attached hydrogens (primary N) is 1. The summed E-state index contributed by atoms with van der Waals surface area (Å²) in [6.45, 7) is 1.24. The Kier molecular flexibility index (Phi) is 4.24. The molecule has 32 heavy (non-hydrogen) atoms. The highest BCUT2D eigenvalue weighted by Crippen LogP contribution is 2.42. The fourth-order valence-electron chi connectivity index (χ4n) is 4.47. The zero-order valence-corrected chi connectivity index (χ0v) is 17.5. The maximum absolute atomic E-state index is 12.3. The largest absolute Gasteiger partial charge is 0.493 e. The van der Waals surface area contributed by atoms with Crippen LogP contribution < -0.4 is 5.73 Å². The minimum atomic E-state index is -0.641. The van der Waals surface area contributed by atoms with Crippen molar-refractivity contribution < 1.29 is 23.4 Å². The van der Waals surface area contributed by atoms with Gasteiger partial charge in [0.2, 0.25) is 0 Å². The van der Waals surface area contributed by atoms with Gasteiger partial charge in [0, 0.05) is 24.2 Å². The van der Waals surface area contributed by atoms with Gasteiger partial charge in [0.25, 0.3) is 6.01 Å². The van der Waals surface area contributed by atoms with Gasteiger partial charge < -0.3 is 29.3 Å². The summed E-state index contributed by atoms with van der Waals surface area (Å²) in [6, 6.07) is 5.86. The number of aromatic nitrogens is 1. The summed E-state index contributed by atoms with van der Waals surface area (Å²) in [5, 5.41) is 0. The van der Waals surface area contributed by atoms with E-state index in [1.54, 1.807) is 12.5 Å². The summed E-state index contributed by atoms with van der Waals surface area (Å²) in [6.07, 6.45) is 5.49. The van der Waals surface area contributed by atoms with Gasteiger partial charge in [-0.25, -0.2) is 9.79 Å². The average Bonchev–Trinajstić information content (AvgIpc) is 3.48. The van der Waals surface area contributed by atoms with Crippen LogP contribution in [-0.2, 0) is 19.0 Å². The van der Waals surface area contributed by atoms with E-state index < -0.39 is 6.10 Å². The van der Waals surface area contributed by atoms with Gasteiger partial charge in [0.1, 0.15) is 24.2 Å². The number of hydrogen-bond acceptors (Lipinski definition) is 9. The van der Waals surface area contributed by atoms with Gasteiger partial charge in [-0.2, -0.15) is 4.98 Å². The zero-order chi connectivity index (χ0) is 21.8. The molecule has 3 aliphatic heterocycles. The molecule has 9 nitrogen and oxygen atoms in total. The molecular formula is C23H22N4O5. The molecule has 6 rings (SSSR count). The molecule has 4 heterocycles. The van der Waals surface area contributed by atoms with Crippen molar-refractivity contribution in [3.63, 3.8) is 0 Å². The number of fused-ring (bicyclic) bond motifs is 1. The first-order valence-electron chi connectivity index (χ1n) is 10.6. The SMILES string of the molecule is COC(=O)C(OC1=COCC2=C3C1=CN=C(c1ccc4oc(N)nc4c1)N3CC2)C1CC1. The predicted octanol–water partition coefficient (Wildman–Crippen LogP) is 2.85. The van der Waals surface area contributed by atoms with Crippen molar-refractivity contribution in [1.82, 2.24) is 9.88 Å². The molecule has 1 aromatic carbocycles. The molecule has 0 amide bonds. The Bertz CT molecular complexity index is 1250. The molecular weight excluding hydrogens is 412 g/mol. The standard InChI is InChI=1S/C23H22N4O5/c1-29-22(28)20(12-2-3-12)31-18-11-30-10-14-6-7-27-19(14)15(18)9-25-21(27)13-4-5-17-16(8-13)26-23(24)32-17/h4-5,8-9,11-12,20H,2-3,6-7,10H2,1H3,(H2,24,26). The lowest BCUT2D eigenvalue weighted by molar-refractivity contribution is -0.152. The number of ether oxygens (including phenoxy) is 3. The maximum atomic E-state index is 12.3. The summed E-state index contributed by atoms with van der Waals surface area (Å²) in [5.41, 5.74) is 10.9. The number of anilines is 1. The van der Waals surface area contributed by atoms with E-state index in [4.69, 9.17) is 29.4 Å². The minimum absolute atomic E-state index is 0.139. The lowest BCUT2D eigenvalue weighted by Crippen LogP contribution is -2.33. The molecule has 164 valence electrons. The number of methoxy groups -OCH3 is 1. The molecule has 1 atom stereocenters.